The van der Waals surface area contributed by atoms with E-state index in [4.69, 9.17) is 9.47 Å². The zero-order valence-electron chi connectivity index (χ0n) is 17.8. The van der Waals surface area contributed by atoms with Crippen LogP contribution in [0.15, 0.2) is 53.5 Å². The van der Waals surface area contributed by atoms with Crippen LogP contribution in [0.4, 0.5) is 8.78 Å². The minimum absolute atomic E-state index is 0.430. The van der Waals surface area contributed by atoms with Gasteiger partial charge in [-0.1, -0.05) is 36.4 Å². The fourth-order valence-corrected chi connectivity index (χ4v) is 3.37. The third kappa shape index (κ3) is 7.80. The van der Waals surface area contributed by atoms with E-state index < -0.39 is 13.0 Å². The molecule has 0 amide bonds. The minimum atomic E-state index is -2.49. The Morgan fingerprint density at radius 1 is 1.06 bits per heavy atom. The van der Waals surface area contributed by atoms with Crippen molar-refractivity contribution in [3.8, 4) is 5.75 Å². The Morgan fingerprint density at radius 2 is 1.81 bits per heavy atom. The molecule has 3 rings (SSSR count). The van der Waals surface area contributed by atoms with Crippen molar-refractivity contribution in [3.63, 3.8) is 0 Å². The first kappa shape index (κ1) is 23.0. The van der Waals surface area contributed by atoms with Crippen LogP contribution in [-0.2, 0) is 24.4 Å². The van der Waals surface area contributed by atoms with Gasteiger partial charge in [0.05, 0.1) is 13.2 Å². The lowest BCUT2D eigenvalue weighted by Gasteiger charge is -2.27. The van der Waals surface area contributed by atoms with Crippen LogP contribution >= 0.6 is 0 Å². The molecular weight excluding hydrogens is 402 g/mol. The fraction of sp³-hybridized carbons (Fsp3) is 0.435. The molecule has 1 aliphatic heterocycles. The summed E-state index contributed by atoms with van der Waals surface area (Å²) < 4.78 is 35.2. The average molecular weight is 433 g/mol. The van der Waals surface area contributed by atoms with Crippen molar-refractivity contribution in [2.75, 3.05) is 40.0 Å². The molecule has 0 spiro atoms. The van der Waals surface area contributed by atoms with E-state index in [9.17, 15) is 8.78 Å². The monoisotopic (exact) mass is 432 g/mol. The quantitative estimate of drug-likeness (QED) is 0.471. The highest BCUT2D eigenvalue weighted by Crippen LogP contribution is 2.15. The largest absolute Gasteiger partial charge is 0.488 e. The Balaban J connectivity index is 1.51. The third-order valence-corrected chi connectivity index (χ3v) is 5.02. The second-order valence-electron chi connectivity index (χ2n) is 7.29. The SMILES string of the molecule is CN=C(NCc1cccc(OCC(F)F)c1)NCc1ccccc1CN1CCOCC1. The molecule has 31 heavy (non-hydrogen) atoms. The number of nitrogens with one attached hydrogen (secondary N) is 2. The number of morpholine rings is 1. The Morgan fingerprint density at radius 3 is 2.55 bits per heavy atom. The van der Waals surface area contributed by atoms with Gasteiger partial charge in [0, 0.05) is 39.8 Å². The van der Waals surface area contributed by atoms with E-state index in [-0.39, 0.29) is 0 Å². The van der Waals surface area contributed by atoms with E-state index >= 15 is 0 Å². The Bertz CT molecular complexity index is 842. The molecule has 1 fully saturated rings. The van der Waals surface area contributed by atoms with Gasteiger partial charge >= 0.3 is 0 Å². The van der Waals surface area contributed by atoms with Crippen LogP contribution in [0.2, 0.25) is 0 Å². The lowest BCUT2D eigenvalue weighted by molar-refractivity contribution is 0.0341. The summed E-state index contributed by atoms with van der Waals surface area (Å²) in [5, 5.41) is 6.61. The van der Waals surface area contributed by atoms with E-state index in [1.165, 1.54) is 11.1 Å². The molecular formula is C23H30F2N4O2. The normalized spacial score (nSPS) is 15.2. The smallest absolute Gasteiger partial charge is 0.272 e. The average Bonchev–Trinajstić information content (AvgIpc) is 2.80. The highest BCUT2D eigenvalue weighted by atomic mass is 19.3. The molecule has 1 aliphatic rings. The summed E-state index contributed by atoms with van der Waals surface area (Å²) in [5.41, 5.74) is 3.43. The standard InChI is InChI=1S/C23H30F2N4O2/c1-26-23(27-14-18-5-4-8-21(13-18)31-17-22(24)25)28-15-19-6-2-3-7-20(19)16-29-9-11-30-12-10-29/h2-8,13,22H,9-12,14-17H2,1H3,(H2,26,27,28). The van der Waals surface area contributed by atoms with Crippen molar-refractivity contribution >= 4 is 5.96 Å². The van der Waals surface area contributed by atoms with Crippen molar-refractivity contribution in [2.24, 2.45) is 4.99 Å². The van der Waals surface area contributed by atoms with Crippen molar-refractivity contribution in [1.82, 2.24) is 15.5 Å². The lowest BCUT2D eigenvalue weighted by Crippen LogP contribution is -2.37. The Hall–Kier alpha value is -2.71. The molecule has 2 aromatic rings. The molecule has 1 saturated heterocycles. The van der Waals surface area contributed by atoms with Gasteiger partial charge in [0.15, 0.2) is 5.96 Å². The van der Waals surface area contributed by atoms with E-state index in [0.717, 1.165) is 38.4 Å². The number of hydrogen-bond donors (Lipinski definition) is 2. The predicted molar refractivity (Wildman–Crippen MR) is 118 cm³/mol. The van der Waals surface area contributed by atoms with Gasteiger partial charge in [0.2, 0.25) is 0 Å². The molecule has 2 aromatic carbocycles. The van der Waals surface area contributed by atoms with Crippen molar-refractivity contribution in [3.05, 3.63) is 65.2 Å². The van der Waals surface area contributed by atoms with Gasteiger partial charge in [-0.3, -0.25) is 9.89 Å². The second kappa shape index (κ2) is 12.2. The Labute approximate surface area is 182 Å². The number of alkyl halides is 2. The van der Waals surface area contributed by atoms with Gasteiger partial charge in [-0.15, -0.1) is 0 Å². The van der Waals surface area contributed by atoms with E-state index in [1.54, 1.807) is 25.2 Å². The summed E-state index contributed by atoms with van der Waals surface area (Å²) in [5.74, 6) is 1.10. The number of aliphatic imine (C=N–C) groups is 1. The first-order chi connectivity index (χ1) is 15.1. The third-order valence-electron chi connectivity index (χ3n) is 5.02. The van der Waals surface area contributed by atoms with Crippen LogP contribution in [0.1, 0.15) is 16.7 Å². The van der Waals surface area contributed by atoms with Crippen molar-refractivity contribution in [2.45, 2.75) is 26.1 Å². The van der Waals surface area contributed by atoms with Gasteiger partial charge in [0.1, 0.15) is 12.4 Å². The van der Waals surface area contributed by atoms with Gasteiger partial charge in [-0.25, -0.2) is 8.78 Å². The lowest BCUT2D eigenvalue weighted by atomic mass is 10.1. The molecule has 6 nitrogen and oxygen atoms in total. The number of benzene rings is 2. The number of guanidine groups is 1. The van der Waals surface area contributed by atoms with Gasteiger partial charge in [0.25, 0.3) is 6.43 Å². The van der Waals surface area contributed by atoms with Crippen LogP contribution < -0.4 is 15.4 Å². The van der Waals surface area contributed by atoms with Crippen LogP contribution in [0.5, 0.6) is 5.75 Å². The molecule has 0 atom stereocenters. The Kier molecular flexibility index (Phi) is 9.05. The highest BCUT2D eigenvalue weighted by molar-refractivity contribution is 5.79. The second-order valence-corrected chi connectivity index (χ2v) is 7.29. The molecule has 0 aliphatic carbocycles. The number of halogens is 2. The zero-order valence-corrected chi connectivity index (χ0v) is 17.8. The first-order valence-corrected chi connectivity index (χ1v) is 10.5. The summed E-state index contributed by atoms with van der Waals surface area (Å²) in [7, 11) is 1.72. The summed E-state index contributed by atoms with van der Waals surface area (Å²) in [4.78, 5) is 6.68. The fourth-order valence-electron chi connectivity index (χ4n) is 3.37. The minimum Gasteiger partial charge on any atom is -0.488 e. The maximum absolute atomic E-state index is 12.3. The topological polar surface area (TPSA) is 58.1 Å². The van der Waals surface area contributed by atoms with E-state index in [1.807, 2.05) is 12.1 Å². The highest BCUT2D eigenvalue weighted by Gasteiger charge is 2.13. The van der Waals surface area contributed by atoms with Crippen LogP contribution in [0.25, 0.3) is 0 Å². The van der Waals surface area contributed by atoms with Crippen molar-refractivity contribution < 1.29 is 18.3 Å². The summed E-state index contributed by atoms with van der Waals surface area (Å²) >= 11 is 0. The predicted octanol–water partition coefficient (Wildman–Crippen LogP) is 3.03. The summed E-state index contributed by atoms with van der Waals surface area (Å²) in [6.07, 6.45) is -2.49. The molecule has 0 aromatic heterocycles. The van der Waals surface area contributed by atoms with Crippen LogP contribution in [0, 0.1) is 0 Å². The molecule has 1 heterocycles. The zero-order chi connectivity index (χ0) is 21.9. The van der Waals surface area contributed by atoms with E-state index in [0.29, 0.717) is 24.8 Å². The van der Waals surface area contributed by atoms with Gasteiger partial charge in [-0.05, 0) is 28.8 Å². The van der Waals surface area contributed by atoms with Crippen LogP contribution in [0.3, 0.4) is 0 Å². The number of ether oxygens (including phenoxy) is 2. The number of hydrogen-bond acceptors (Lipinski definition) is 4. The first-order valence-electron chi connectivity index (χ1n) is 10.5. The molecule has 0 bridgehead atoms. The summed E-state index contributed by atoms with van der Waals surface area (Å²) in [6, 6.07) is 15.5. The number of rotatable bonds is 9. The molecule has 168 valence electrons. The number of nitrogens with zero attached hydrogens (tertiary/aromatic N) is 2. The molecule has 2 N–H and O–H groups in total. The van der Waals surface area contributed by atoms with Gasteiger partial charge in [-0.2, -0.15) is 0 Å². The summed E-state index contributed by atoms with van der Waals surface area (Å²) in [6.45, 7) is 4.91. The molecule has 8 heteroatoms. The molecule has 0 saturated carbocycles. The molecule has 0 unspecified atom stereocenters. The van der Waals surface area contributed by atoms with E-state index in [2.05, 4.69) is 38.7 Å². The molecule has 0 radical (unpaired) electrons. The van der Waals surface area contributed by atoms with Gasteiger partial charge < -0.3 is 20.1 Å². The van der Waals surface area contributed by atoms with Crippen molar-refractivity contribution in [1.29, 1.82) is 0 Å². The van der Waals surface area contributed by atoms with Crippen LogP contribution in [-0.4, -0.2) is 57.2 Å². The maximum Gasteiger partial charge on any atom is 0.272 e. The maximum atomic E-state index is 12.3.